The molecule has 0 bridgehead atoms. The number of halogens is 2. The third-order valence-corrected chi connectivity index (χ3v) is 10.2. The first kappa shape index (κ1) is 31.9. The van der Waals surface area contributed by atoms with Gasteiger partial charge in [-0.3, -0.25) is 5.32 Å². The summed E-state index contributed by atoms with van der Waals surface area (Å²) < 4.78 is 21.6. The number of anilines is 2. The molecule has 1 aliphatic carbocycles. The van der Waals surface area contributed by atoms with Crippen LogP contribution in [0.15, 0.2) is 18.2 Å². The van der Waals surface area contributed by atoms with Crippen LogP contribution in [0.25, 0.3) is 11.3 Å². The van der Waals surface area contributed by atoms with Crippen LogP contribution in [0, 0.1) is 5.41 Å². The minimum atomic E-state index is -1.12. The standard InChI is InChI=1S/C29H42Cl2N6O3S/c1-27(2,3)40-26(38)35-24-23(18-9-7-10-19(30)22(18)31)33-20(17-32)25(34-24)37-15-13-29(14-16-37)12-8-11-21(29)36-41(39)28(4,5)6/h7,9-10,21,36H,8,11-17,32H2,1-6H3,(H,34,35,38)/t21-,41?/m1/s1. The van der Waals surface area contributed by atoms with Gasteiger partial charge >= 0.3 is 6.09 Å². The van der Waals surface area contributed by atoms with Gasteiger partial charge in [-0.1, -0.05) is 41.8 Å². The molecule has 2 aliphatic rings. The molecule has 1 unspecified atom stereocenters. The van der Waals surface area contributed by atoms with Crippen molar-refractivity contribution in [1.82, 2.24) is 14.7 Å². The molecular formula is C29H42Cl2N6O3S. The summed E-state index contributed by atoms with van der Waals surface area (Å²) >= 11 is 12.9. The maximum absolute atomic E-state index is 12.9. The Morgan fingerprint density at radius 1 is 1.15 bits per heavy atom. The minimum Gasteiger partial charge on any atom is -0.444 e. The Morgan fingerprint density at radius 3 is 2.44 bits per heavy atom. The summed E-state index contributed by atoms with van der Waals surface area (Å²) in [7, 11) is -1.12. The second-order valence-electron chi connectivity index (χ2n) is 12.9. The Labute approximate surface area is 255 Å². The molecule has 0 radical (unpaired) electrons. The summed E-state index contributed by atoms with van der Waals surface area (Å²) in [6, 6.07) is 5.44. The highest BCUT2D eigenvalue weighted by atomic mass is 35.5. The summed E-state index contributed by atoms with van der Waals surface area (Å²) in [6.45, 7) is 13.0. The van der Waals surface area contributed by atoms with E-state index in [1.165, 1.54) is 0 Å². The van der Waals surface area contributed by atoms with Crippen LogP contribution < -0.4 is 20.7 Å². The monoisotopic (exact) mass is 624 g/mol. The number of piperidine rings is 1. The molecule has 4 rings (SSSR count). The van der Waals surface area contributed by atoms with Crippen molar-refractivity contribution in [3.63, 3.8) is 0 Å². The number of nitrogens with one attached hydrogen (secondary N) is 2. The van der Waals surface area contributed by atoms with Crippen LogP contribution in [0.2, 0.25) is 10.0 Å². The fourth-order valence-electron chi connectivity index (χ4n) is 5.60. The van der Waals surface area contributed by atoms with Crippen molar-refractivity contribution in [3.8, 4) is 11.3 Å². The number of amides is 1. The fourth-order valence-corrected chi connectivity index (χ4v) is 6.97. The van der Waals surface area contributed by atoms with Gasteiger partial charge in [0.15, 0.2) is 11.6 Å². The van der Waals surface area contributed by atoms with E-state index in [9.17, 15) is 9.00 Å². The summed E-state index contributed by atoms with van der Waals surface area (Å²) in [4.78, 5) is 24.8. The van der Waals surface area contributed by atoms with E-state index >= 15 is 0 Å². The summed E-state index contributed by atoms with van der Waals surface area (Å²) in [5.41, 5.74) is 7.07. The zero-order chi connectivity index (χ0) is 30.2. The number of nitrogens with two attached hydrogens (primary N) is 1. The van der Waals surface area contributed by atoms with Gasteiger partial charge in [-0.15, -0.1) is 0 Å². The Kier molecular flexibility index (Phi) is 9.60. The van der Waals surface area contributed by atoms with E-state index in [0.29, 0.717) is 32.8 Å². The molecule has 12 heteroatoms. The number of hydrogen-bond donors (Lipinski definition) is 3. The molecule has 1 saturated carbocycles. The first-order valence-corrected chi connectivity index (χ1v) is 16.0. The molecule has 1 spiro atoms. The van der Waals surface area contributed by atoms with Crippen LogP contribution in [-0.2, 0) is 22.3 Å². The van der Waals surface area contributed by atoms with Crippen molar-refractivity contribution in [3.05, 3.63) is 33.9 Å². The van der Waals surface area contributed by atoms with E-state index in [1.807, 2.05) is 20.8 Å². The first-order chi connectivity index (χ1) is 19.1. The zero-order valence-electron chi connectivity index (χ0n) is 24.8. The molecule has 2 aromatic rings. The molecule has 2 fully saturated rings. The minimum absolute atomic E-state index is 0.0829. The van der Waals surface area contributed by atoms with Crippen LogP contribution in [0.4, 0.5) is 16.4 Å². The van der Waals surface area contributed by atoms with E-state index < -0.39 is 22.7 Å². The van der Waals surface area contributed by atoms with Gasteiger partial charge in [0.25, 0.3) is 0 Å². The summed E-state index contributed by atoms with van der Waals surface area (Å²) in [5.74, 6) is 0.841. The van der Waals surface area contributed by atoms with Gasteiger partial charge in [-0.2, -0.15) is 0 Å². The lowest BCUT2D eigenvalue weighted by molar-refractivity contribution is 0.0635. The van der Waals surface area contributed by atoms with Crippen molar-refractivity contribution in [2.24, 2.45) is 11.1 Å². The number of ether oxygens (including phenoxy) is 1. The molecule has 2 atom stereocenters. The second-order valence-corrected chi connectivity index (χ2v) is 15.7. The molecule has 41 heavy (non-hydrogen) atoms. The largest absolute Gasteiger partial charge is 0.444 e. The van der Waals surface area contributed by atoms with Gasteiger partial charge < -0.3 is 15.4 Å². The van der Waals surface area contributed by atoms with Crippen LogP contribution in [0.1, 0.15) is 79.3 Å². The number of hydrogen-bond acceptors (Lipinski definition) is 7. The summed E-state index contributed by atoms with van der Waals surface area (Å²) in [6.07, 6.45) is 4.44. The van der Waals surface area contributed by atoms with Crippen molar-refractivity contribution >= 4 is 51.9 Å². The molecular weight excluding hydrogens is 583 g/mol. The molecule has 1 aromatic heterocycles. The topological polar surface area (TPSA) is 122 Å². The Morgan fingerprint density at radius 2 is 1.83 bits per heavy atom. The molecule has 9 nitrogen and oxygen atoms in total. The highest BCUT2D eigenvalue weighted by molar-refractivity contribution is 7.84. The number of carbonyl (C=O) groups is 1. The number of aromatic nitrogens is 2. The van der Waals surface area contributed by atoms with E-state index in [4.69, 9.17) is 43.6 Å². The molecule has 1 aliphatic heterocycles. The Balaban J connectivity index is 1.65. The van der Waals surface area contributed by atoms with E-state index in [2.05, 4.69) is 14.9 Å². The highest BCUT2D eigenvalue weighted by Gasteiger charge is 2.46. The third kappa shape index (κ3) is 7.33. The number of rotatable bonds is 6. The predicted molar refractivity (Wildman–Crippen MR) is 168 cm³/mol. The number of benzene rings is 1. The summed E-state index contributed by atoms with van der Waals surface area (Å²) in [5, 5.41) is 3.45. The zero-order valence-corrected chi connectivity index (χ0v) is 27.1. The van der Waals surface area contributed by atoms with Crippen molar-refractivity contribution in [2.75, 3.05) is 23.3 Å². The molecule has 226 valence electrons. The van der Waals surface area contributed by atoms with E-state index in [-0.39, 0.29) is 28.6 Å². The fraction of sp³-hybridized carbons (Fsp3) is 0.621. The van der Waals surface area contributed by atoms with Crippen LogP contribution in [-0.4, -0.2) is 49.7 Å². The molecule has 1 amide bonds. The SMILES string of the molecule is CC(C)(C)OC(=O)Nc1nc(N2CCC3(CCC[C@H]3NS(=O)C(C)(C)C)CC2)c(CN)nc1-c1cccc(Cl)c1Cl. The highest BCUT2D eigenvalue weighted by Crippen LogP contribution is 2.48. The van der Waals surface area contributed by atoms with E-state index in [0.717, 1.165) is 45.2 Å². The van der Waals surface area contributed by atoms with Crippen molar-refractivity contribution < 1.29 is 13.7 Å². The first-order valence-electron chi connectivity index (χ1n) is 14.1. The van der Waals surface area contributed by atoms with Gasteiger partial charge in [0.1, 0.15) is 11.3 Å². The molecule has 1 aromatic carbocycles. The van der Waals surface area contributed by atoms with Gasteiger partial charge in [-0.05, 0) is 78.7 Å². The van der Waals surface area contributed by atoms with Crippen LogP contribution >= 0.6 is 23.2 Å². The van der Waals surface area contributed by atoms with Crippen LogP contribution in [0.3, 0.4) is 0 Å². The van der Waals surface area contributed by atoms with Gasteiger partial charge in [0.2, 0.25) is 0 Å². The van der Waals surface area contributed by atoms with Crippen molar-refractivity contribution in [1.29, 1.82) is 0 Å². The Bertz CT molecular complexity index is 1300. The quantitative estimate of drug-likeness (QED) is 0.337. The van der Waals surface area contributed by atoms with E-state index in [1.54, 1.807) is 39.0 Å². The predicted octanol–water partition coefficient (Wildman–Crippen LogP) is 6.45. The second kappa shape index (κ2) is 12.3. The number of nitrogens with zero attached hydrogens (tertiary/aromatic N) is 3. The van der Waals surface area contributed by atoms with Crippen molar-refractivity contribution in [2.45, 2.75) is 96.6 Å². The van der Waals surface area contributed by atoms with Gasteiger partial charge in [0.05, 0.1) is 31.5 Å². The number of carbonyl (C=O) groups excluding carboxylic acids is 1. The Hall–Kier alpha value is -1.98. The average Bonchev–Trinajstić information content (AvgIpc) is 3.25. The third-order valence-electron chi connectivity index (χ3n) is 7.74. The lowest BCUT2D eigenvalue weighted by Crippen LogP contribution is -2.51. The lowest BCUT2D eigenvalue weighted by Gasteiger charge is -2.44. The van der Waals surface area contributed by atoms with Gasteiger partial charge in [0, 0.05) is 31.2 Å². The maximum atomic E-state index is 12.9. The maximum Gasteiger partial charge on any atom is 0.413 e. The normalized spacial score (nSPS) is 19.8. The molecule has 1 saturated heterocycles. The molecule has 4 N–H and O–H groups in total. The lowest BCUT2D eigenvalue weighted by atomic mass is 9.74. The molecule has 2 heterocycles. The van der Waals surface area contributed by atoms with Crippen LogP contribution in [0.5, 0.6) is 0 Å². The smallest absolute Gasteiger partial charge is 0.413 e. The van der Waals surface area contributed by atoms with Gasteiger partial charge in [-0.25, -0.2) is 23.7 Å². The average molecular weight is 626 g/mol.